The third-order valence-corrected chi connectivity index (χ3v) is 7.25. The zero-order chi connectivity index (χ0) is 31.0. The lowest BCUT2D eigenvalue weighted by atomic mass is 9.82. The topological polar surface area (TPSA) is 92.2 Å². The zero-order valence-corrected chi connectivity index (χ0v) is 23.8. The molecule has 228 valence electrons. The number of carbonyl (C=O) groups excluding carboxylic acids is 1. The van der Waals surface area contributed by atoms with E-state index in [4.69, 9.17) is 19.6 Å². The molecule has 0 bridgehead atoms. The summed E-state index contributed by atoms with van der Waals surface area (Å²) < 4.78 is 52.8. The number of aliphatic hydroxyl groups is 1. The van der Waals surface area contributed by atoms with Crippen molar-refractivity contribution in [1.82, 2.24) is 10.9 Å². The Morgan fingerprint density at radius 2 is 1.57 bits per heavy atom. The lowest BCUT2D eigenvalue weighted by Gasteiger charge is -2.31. The number of halogens is 3. The highest BCUT2D eigenvalue weighted by atomic mass is 19.4. The summed E-state index contributed by atoms with van der Waals surface area (Å²) in [7, 11) is 0. The van der Waals surface area contributed by atoms with E-state index in [1.807, 2.05) is 60.7 Å². The molecular formula is C34H32F3N3O4. The minimum Gasteiger partial charge on any atom is -0.494 e. The molecule has 1 aliphatic rings. The highest BCUT2D eigenvalue weighted by molar-refractivity contribution is 6.01. The van der Waals surface area contributed by atoms with Crippen molar-refractivity contribution in [3.05, 3.63) is 137 Å². The number of alkyl halides is 3. The van der Waals surface area contributed by atoms with Crippen LogP contribution in [-0.2, 0) is 28.7 Å². The van der Waals surface area contributed by atoms with Crippen molar-refractivity contribution >= 4 is 11.8 Å². The van der Waals surface area contributed by atoms with Gasteiger partial charge in [-0.2, -0.15) is 13.2 Å². The van der Waals surface area contributed by atoms with E-state index in [0.29, 0.717) is 29.9 Å². The van der Waals surface area contributed by atoms with E-state index >= 15 is 0 Å². The van der Waals surface area contributed by atoms with Crippen LogP contribution in [0.5, 0.6) is 5.75 Å². The largest absolute Gasteiger partial charge is 0.494 e. The van der Waals surface area contributed by atoms with Gasteiger partial charge >= 0.3 is 6.18 Å². The highest BCUT2D eigenvalue weighted by Crippen LogP contribution is 2.42. The summed E-state index contributed by atoms with van der Waals surface area (Å²) >= 11 is 0. The Labute approximate surface area is 253 Å². The molecule has 0 aromatic heterocycles. The average Bonchev–Trinajstić information content (AvgIpc) is 3.42. The Morgan fingerprint density at radius 3 is 2.25 bits per heavy atom. The maximum Gasteiger partial charge on any atom is 0.416 e. The predicted octanol–water partition coefficient (Wildman–Crippen LogP) is 5.79. The van der Waals surface area contributed by atoms with Gasteiger partial charge in [0.1, 0.15) is 5.75 Å². The zero-order valence-electron chi connectivity index (χ0n) is 23.8. The van der Waals surface area contributed by atoms with E-state index in [-0.39, 0.29) is 31.0 Å². The Bertz CT molecular complexity index is 1560. The molecule has 0 saturated carbocycles. The number of hydrogen-bond acceptors (Lipinski definition) is 6. The lowest BCUT2D eigenvalue weighted by molar-refractivity contribution is -0.138. The third-order valence-electron chi connectivity index (χ3n) is 7.25. The van der Waals surface area contributed by atoms with Gasteiger partial charge in [-0.3, -0.25) is 10.2 Å². The van der Waals surface area contributed by atoms with Gasteiger partial charge in [0.2, 0.25) is 5.90 Å². The molecule has 1 aliphatic heterocycles. The fourth-order valence-electron chi connectivity index (χ4n) is 5.10. The van der Waals surface area contributed by atoms with Crippen LogP contribution in [0.3, 0.4) is 0 Å². The molecule has 44 heavy (non-hydrogen) atoms. The van der Waals surface area contributed by atoms with Crippen LogP contribution in [0.15, 0.2) is 114 Å². The first-order valence-electron chi connectivity index (χ1n) is 14.2. The van der Waals surface area contributed by atoms with Crippen molar-refractivity contribution in [1.29, 1.82) is 0 Å². The molecular weight excluding hydrogens is 571 g/mol. The van der Waals surface area contributed by atoms with Crippen LogP contribution in [0.2, 0.25) is 0 Å². The third kappa shape index (κ3) is 7.10. The minimum atomic E-state index is -4.53. The summed E-state index contributed by atoms with van der Waals surface area (Å²) in [5, 5.41) is 9.01. The molecule has 4 aromatic rings. The summed E-state index contributed by atoms with van der Waals surface area (Å²) in [4.78, 5) is 19.1. The molecule has 5 rings (SSSR count). The van der Waals surface area contributed by atoms with Crippen molar-refractivity contribution in [2.75, 3.05) is 13.2 Å². The molecule has 7 nitrogen and oxygen atoms in total. The molecule has 10 heteroatoms. The van der Waals surface area contributed by atoms with Crippen molar-refractivity contribution in [2.45, 2.75) is 37.2 Å². The SMILES string of the molecule is O=C(NNCc1ccccc1C(F)(F)F)[C@@]1(Cc2ccccc2)N=C(c2ccc(OCCCO)cc2)O[C@H]1c1ccccc1. The molecule has 3 N–H and O–H groups in total. The summed E-state index contributed by atoms with van der Waals surface area (Å²) in [5.74, 6) is 0.296. The van der Waals surface area contributed by atoms with Crippen LogP contribution in [0, 0.1) is 0 Å². The van der Waals surface area contributed by atoms with Crippen molar-refractivity contribution < 1.29 is 32.5 Å². The van der Waals surface area contributed by atoms with Crippen LogP contribution >= 0.6 is 0 Å². The summed E-state index contributed by atoms with van der Waals surface area (Å²) in [5.41, 5.74) is 5.20. The van der Waals surface area contributed by atoms with Gasteiger partial charge in [-0.25, -0.2) is 10.4 Å². The smallest absolute Gasteiger partial charge is 0.416 e. The maximum absolute atomic E-state index is 14.2. The second kappa shape index (κ2) is 13.7. The Hall–Kier alpha value is -4.67. The number of nitrogens with zero attached hydrogens (tertiary/aromatic N) is 1. The molecule has 0 radical (unpaired) electrons. The van der Waals surface area contributed by atoms with Crippen LogP contribution in [0.25, 0.3) is 0 Å². The fraction of sp³-hybridized carbons (Fsp3) is 0.235. The maximum atomic E-state index is 14.2. The number of hydrogen-bond donors (Lipinski definition) is 3. The predicted molar refractivity (Wildman–Crippen MR) is 160 cm³/mol. The van der Waals surface area contributed by atoms with E-state index in [2.05, 4.69) is 10.9 Å². The number of ether oxygens (including phenoxy) is 2. The summed E-state index contributed by atoms with van der Waals surface area (Å²) in [6.45, 7) is 0.136. The van der Waals surface area contributed by atoms with E-state index in [0.717, 1.165) is 11.6 Å². The van der Waals surface area contributed by atoms with Crippen LogP contribution in [0.4, 0.5) is 13.2 Å². The number of hydrazine groups is 1. The molecule has 0 unspecified atom stereocenters. The van der Waals surface area contributed by atoms with E-state index in [1.54, 1.807) is 24.3 Å². The van der Waals surface area contributed by atoms with Gasteiger partial charge in [0.15, 0.2) is 11.6 Å². The number of aliphatic hydroxyl groups excluding tert-OH is 1. The number of carbonyl (C=O) groups is 1. The molecule has 0 aliphatic carbocycles. The van der Waals surface area contributed by atoms with Gasteiger partial charge in [0.25, 0.3) is 5.91 Å². The summed E-state index contributed by atoms with van der Waals surface area (Å²) in [6, 6.07) is 30.9. The molecule has 0 spiro atoms. The van der Waals surface area contributed by atoms with E-state index in [1.165, 1.54) is 18.2 Å². The standard InChI is InChI=1S/C34H32F3N3O4/c35-34(36,37)29-15-8-7-14-27(29)23-38-40-32(42)33(22-24-10-3-1-4-11-24)30(25-12-5-2-6-13-25)44-31(39-33)26-16-18-28(19-17-26)43-21-9-20-41/h1-8,10-19,30,38,41H,9,20-23H2,(H,40,42)/t30-,33-/m0/s1. The van der Waals surface area contributed by atoms with E-state index < -0.39 is 29.3 Å². The Kier molecular flexibility index (Phi) is 9.62. The van der Waals surface area contributed by atoms with Crippen LogP contribution in [0.1, 0.15) is 40.3 Å². The van der Waals surface area contributed by atoms with Gasteiger partial charge < -0.3 is 14.6 Å². The van der Waals surface area contributed by atoms with Crippen molar-refractivity contribution in [3.63, 3.8) is 0 Å². The number of benzene rings is 4. The van der Waals surface area contributed by atoms with Gasteiger partial charge in [-0.15, -0.1) is 0 Å². The quantitative estimate of drug-likeness (QED) is 0.141. The van der Waals surface area contributed by atoms with Crippen molar-refractivity contribution in [2.24, 2.45) is 4.99 Å². The molecule has 2 atom stereocenters. The first-order valence-corrected chi connectivity index (χ1v) is 14.2. The Morgan fingerprint density at radius 1 is 0.909 bits per heavy atom. The molecule has 0 fully saturated rings. The second-order valence-corrected chi connectivity index (χ2v) is 10.3. The monoisotopic (exact) mass is 603 g/mol. The van der Waals surface area contributed by atoms with Gasteiger partial charge in [0.05, 0.1) is 12.2 Å². The second-order valence-electron chi connectivity index (χ2n) is 10.3. The number of amides is 1. The Balaban J connectivity index is 1.48. The highest BCUT2D eigenvalue weighted by Gasteiger charge is 2.53. The van der Waals surface area contributed by atoms with E-state index in [9.17, 15) is 18.0 Å². The number of aliphatic imine (C=N–C) groups is 1. The molecule has 0 saturated heterocycles. The molecule has 1 amide bonds. The van der Waals surface area contributed by atoms with Crippen molar-refractivity contribution in [3.8, 4) is 5.75 Å². The normalized spacial score (nSPS) is 17.9. The first kappa shape index (κ1) is 30.8. The molecule has 4 aromatic carbocycles. The minimum absolute atomic E-state index is 0.00909. The van der Waals surface area contributed by atoms with Crippen LogP contribution in [-0.4, -0.2) is 35.7 Å². The summed E-state index contributed by atoms with van der Waals surface area (Å²) in [6.07, 6.45) is -4.72. The van der Waals surface area contributed by atoms with Crippen LogP contribution < -0.4 is 15.6 Å². The fourth-order valence-corrected chi connectivity index (χ4v) is 5.10. The first-order chi connectivity index (χ1) is 21.3. The average molecular weight is 604 g/mol. The van der Waals surface area contributed by atoms with Gasteiger partial charge in [-0.05, 0) is 47.0 Å². The van der Waals surface area contributed by atoms with Gasteiger partial charge in [-0.1, -0.05) is 78.9 Å². The number of rotatable bonds is 12. The molecule has 1 heterocycles. The van der Waals surface area contributed by atoms with Gasteiger partial charge in [0, 0.05) is 31.6 Å². The lowest BCUT2D eigenvalue weighted by Crippen LogP contribution is -2.53. The number of nitrogens with one attached hydrogen (secondary N) is 2.